The Morgan fingerprint density at radius 1 is 1.27 bits per heavy atom. The molecule has 0 aliphatic carbocycles. The zero-order valence-corrected chi connectivity index (χ0v) is 12.8. The van der Waals surface area contributed by atoms with E-state index in [0.29, 0.717) is 23.6 Å². The number of nitrogens with zero attached hydrogens (tertiary/aromatic N) is 3. The molecule has 3 rings (SSSR count). The van der Waals surface area contributed by atoms with Crippen LogP contribution in [0.1, 0.15) is 22.8 Å². The highest BCUT2D eigenvalue weighted by Gasteiger charge is 2.13. The zero-order valence-electron chi connectivity index (χ0n) is 11.9. The molecule has 0 saturated heterocycles. The molecule has 0 bridgehead atoms. The predicted octanol–water partition coefficient (Wildman–Crippen LogP) is 2.82. The van der Waals surface area contributed by atoms with Crippen molar-refractivity contribution in [2.24, 2.45) is 0 Å². The van der Waals surface area contributed by atoms with E-state index in [-0.39, 0.29) is 5.97 Å². The molecule has 1 N–H and O–H groups in total. The van der Waals surface area contributed by atoms with Gasteiger partial charge in [0, 0.05) is 5.75 Å². The second-order valence-electron chi connectivity index (χ2n) is 4.44. The average Bonchev–Trinajstić information content (AvgIpc) is 3.02. The lowest BCUT2D eigenvalue weighted by molar-refractivity contribution is 0.0525. The SMILES string of the molecule is CCOC(=O)c1ccccc1CSc1ncnc2[nH]cnc12. The summed E-state index contributed by atoms with van der Waals surface area (Å²) in [6.07, 6.45) is 3.09. The van der Waals surface area contributed by atoms with Gasteiger partial charge in [-0.25, -0.2) is 19.7 Å². The Bertz CT molecular complexity index is 803. The van der Waals surface area contributed by atoms with Gasteiger partial charge in [0.15, 0.2) is 5.65 Å². The van der Waals surface area contributed by atoms with Crippen LogP contribution in [0.5, 0.6) is 0 Å². The molecule has 7 heteroatoms. The Kier molecular flexibility index (Phi) is 4.34. The standard InChI is InChI=1S/C15H14N4O2S/c1-2-21-15(20)11-6-4-3-5-10(11)7-22-14-12-13(17-8-16-12)18-9-19-14/h3-6,8-9H,2,7H2,1H3,(H,16,17,18,19). The summed E-state index contributed by atoms with van der Waals surface area (Å²) >= 11 is 1.52. The second kappa shape index (κ2) is 6.57. The van der Waals surface area contributed by atoms with E-state index < -0.39 is 0 Å². The van der Waals surface area contributed by atoms with Crippen LogP contribution in [0.25, 0.3) is 11.2 Å². The van der Waals surface area contributed by atoms with Crippen molar-refractivity contribution in [2.45, 2.75) is 17.7 Å². The molecule has 6 nitrogen and oxygen atoms in total. The highest BCUT2D eigenvalue weighted by Crippen LogP contribution is 2.26. The number of aromatic amines is 1. The number of hydrogen-bond acceptors (Lipinski definition) is 6. The first kappa shape index (κ1) is 14.5. The van der Waals surface area contributed by atoms with Crippen LogP contribution in [-0.4, -0.2) is 32.5 Å². The number of fused-ring (bicyclic) bond motifs is 1. The van der Waals surface area contributed by atoms with E-state index in [4.69, 9.17) is 4.74 Å². The van der Waals surface area contributed by atoms with Crippen molar-refractivity contribution >= 4 is 28.9 Å². The monoisotopic (exact) mass is 314 g/mol. The van der Waals surface area contributed by atoms with Gasteiger partial charge in [-0.3, -0.25) is 0 Å². The Labute approximate surface area is 131 Å². The van der Waals surface area contributed by atoms with Crippen LogP contribution >= 0.6 is 11.8 Å². The molecule has 2 heterocycles. The minimum atomic E-state index is -0.300. The maximum atomic E-state index is 12.0. The van der Waals surface area contributed by atoms with Gasteiger partial charge >= 0.3 is 5.97 Å². The summed E-state index contributed by atoms with van der Waals surface area (Å²) in [5.74, 6) is 0.305. The lowest BCUT2D eigenvalue weighted by atomic mass is 10.1. The molecular formula is C15H14N4O2S. The molecule has 2 aromatic heterocycles. The smallest absolute Gasteiger partial charge is 0.338 e. The number of nitrogens with one attached hydrogen (secondary N) is 1. The van der Waals surface area contributed by atoms with Crippen molar-refractivity contribution in [3.8, 4) is 0 Å². The first-order valence-corrected chi connectivity index (χ1v) is 7.80. The normalized spacial score (nSPS) is 10.8. The topological polar surface area (TPSA) is 80.8 Å². The third-order valence-corrected chi connectivity index (χ3v) is 4.09. The Morgan fingerprint density at radius 2 is 2.14 bits per heavy atom. The van der Waals surface area contributed by atoms with Crippen LogP contribution in [-0.2, 0) is 10.5 Å². The molecular weight excluding hydrogens is 300 g/mol. The fraction of sp³-hybridized carbons (Fsp3) is 0.200. The second-order valence-corrected chi connectivity index (χ2v) is 5.41. The number of imidazole rings is 1. The van der Waals surface area contributed by atoms with Crippen LogP contribution in [0.2, 0.25) is 0 Å². The van der Waals surface area contributed by atoms with Gasteiger partial charge in [-0.15, -0.1) is 0 Å². The summed E-state index contributed by atoms with van der Waals surface area (Å²) in [5.41, 5.74) is 2.94. The summed E-state index contributed by atoms with van der Waals surface area (Å²) in [5, 5.41) is 0.782. The lowest BCUT2D eigenvalue weighted by Crippen LogP contribution is -2.07. The van der Waals surface area contributed by atoms with Crippen molar-refractivity contribution in [3.63, 3.8) is 0 Å². The number of carbonyl (C=O) groups excluding carboxylic acids is 1. The zero-order chi connectivity index (χ0) is 15.4. The highest BCUT2D eigenvalue weighted by molar-refractivity contribution is 7.98. The Morgan fingerprint density at radius 3 is 3.00 bits per heavy atom. The Hall–Kier alpha value is -2.41. The van der Waals surface area contributed by atoms with E-state index >= 15 is 0 Å². The first-order chi connectivity index (χ1) is 10.8. The van der Waals surface area contributed by atoms with Gasteiger partial charge in [-0.05, 0) is 18.6 Å². The number of ether oxygens (including phenoxy) is 1. The van der Waals surface area contributed by atoms with Crippen LogP contribution in [0, 0.1) is 0 Å². The minimum absolute atomic E-state index is 0.300. The summed E-state index contributed by atoms with van der Waals surface area (Å²) in [4.78, 5) is 27.5. The van der Waals surface area contributed by atoms with E-state index in [0.717, 1.165) is 16.1 Å². The molecule has 0 saturated carbocycles. The van der Waals surface area contributed by atoms with Crippen LogP contribution in [0.15, 0.2) is 41.9 Å². The van der Waals surface area contributed by atoms with Gasteiger partial charge in [0.2, 0.25) is 0 Å². The average molecular weight is 314 g/mol. The van der Waals surface area contributed by atoms with Crippen LogP contribution < -0.4 is 0 Å². The van der Waals surface area contributed by atoms with E-state index in [1.54, 1.807) is 19.3 Å². The summed E-state index contributed by atoms with van der Waals surface area (Å²) in [7, 11) is 0. The van der Waals surface area contributed by atoms with E-state index in [1.165, 1.54) is 18.1 Å². The van der Waals surface area contributed by atoms with Gasteiger partial charge in [-0.2, -0.15) is 0 Å². The number of H-pyrrole nitrogens is 1. The molecule has 0 amide bonds. The largest absolute Gasteiger partial charge is 0.462 e. The van der Waals surface area contributed by atoms with Crippen molar-refractivity contribution < 1.29 is 9.53 Å². The number of rotatable bonds is 5. The first-order valence-electron chi connectivity index (χ1n) is 6.81. The minimum Gasteiger partial charge on any atom is -0.462 e. The van der Waals surface area contributed by atoms with Crippen molar-refractivity contribution in [1.29, 1.82) is 0 Å². The molecule has 0 unspecified atom stereocenters. The molecule has 0 spiro atoms. The highest BCUT2D eigenvalue weighted by atomic mass is 32.2. The lowest BCUT2D eigenvalue weighted by Gasteiger charge is -2.08. The molecule has 3 aromatic rings. The third-order valence-electron chi connectivity index (χ3n) is 3.06. The van der Waals surface area contributed by atoms with Crippen molar-refractivity contribution in [3.05, 3.63) is 48.0 Å². The molecule has 0 aliphatic rings. The third kappa shape index (κ3) is 2.94. The Balaban J connectivity index is 1.82. The van der Waals surface area contributed by atoms with Crippen molar-refractivity contribution in [1.82, 2.24) is 19.9 Å². The number of carbonyl (C=O) groups is 1. The number of aromatic nitrogens is 4. The van der Waals surface area contributed by atoms with Crippen LogP contribution in [0.4, 0.5) is 0 Å². The summed E-state index contributed by atoms with van der Waals surface area (Å²) in [6.45, 7) is 2.16. The fourth-order valence-electron chi connectivity index (χ4n) is 2.05. The molecule has 1 aromatic carbocycles. The number of benzene rings is 1. The van der Waals surface area contributed by atoms with Gasteiger partial charge in [0.05, 0.1) is 18.5 Å². The number of thioether (sulfide) groups is 1. The molecule has 0 aliphatic heterocycles. The quantitative estimate of drug-likeness (QED) is 0.443. The number of esters is 1. The molecule has 0 fully saturated rings. The van der Waals surface area contributed by atoms with E-state index in [9.17, 15) is 4.79 Å². The molecule has 0 atom stereocenters. The molecule has 22 heavy (non-hydrogen) atoms. The van der Waals surface area contributed by atoms with E-state index in [2.05, 4.69) is 19.9 Å². The van der Waals surface area contributed by atoms with Gasteiger partial charge in [0.1, 0.15) is 16.9 Å². The number of hydrogen-bond donors (Lipinski definition) is 1. The van der Waals surface area contributed by atoms with E-state index in [1.807, 2.05) is 18.2 Å². The summed E-state index contributed by atoms with van der Waals surface area (Å²) < 4.78 is 5.09. The van der Waals surface area contributed by atoms with Gasteiger partial charge in [-0.1, -0.05) is 30.0 Å². The fourth-order valence-corrected chi connectivity index (χ4v) is 3.00. The van der Waals surface area contributed by atoms with Gasteiger partial charge < -0.3 is 9.72 Å². The molecule has 112 valence electrons. The maximum Gasteiger partial charge on any atom is 0.338 e. The predicted molar refractivity (Wildman–Crippen MR) is 83.6 cm³/mol. The maximum absolute atomic E-state index is 12.0. The summed E-state index contributed by atoms with van der Waals surface area (Å²) in [6, 6.07) is 7.43. The van der Waals surface area contributed by atoms with Gasteiger partial charge in [0.25, 0.3) is 0 Å². The van der Waals surface area contributed by atoms with Crippen molar-refractivity contribution in [2.75, 3.05) is 6.61 Å². The van der Waals surface area contributed by atoms with Crippen LogP contribution in [0.3, 0.4) is 0 Å². The molecule has 0 radical (unpaired) electrons.